The van der Waals surface area contributed by atoms with Crippen molar-refractivity contribution in [2.75, 3.05) is 13.4 Å². The van der Waals surface area contributed by atoms with Crippen LogP contribution in [-0.4, -0.2) is 33.3 Å². The Hall–Kier alpha value is -3.90. The third kappa shape index (κ3) is 4.84. The molecular weight excluding hydrogens is 546 g/mol. The number of thioether (sulfide) groups is 1. The number of fused-ring (bicyclic) bond motifs is 1. The number of rotatable bonds is 8. The summed E-state index contributed by atoms with van der Waals surface area (Å²) in [7, 11) is -4.11. The Labute approximate surface area is 219 Å². The number of carbonyl (C=O) groups is 1. The van der Waals surface area contributed by atoms with Crippen LogP contribution in [0.2, 0.25) is 0 Å². The van der Waals surface area contributed by atoms with Crippen molar-refractivity contribution in [1.82, 2.24) is 0 Å². The van der Waals surface area contributed by atoms with Crippen LogP contribution in [0.15, 0.2) is 81.7 Å². The predicted molar refractivity (Wildman–Crippen MR) is 134 cm³/mol. The molecule has 0 aliphatic heterocycles. The van der Waals surface area contributed by atoms with Gasteiger partial charge in [0, 0.05) is 16.5 Å². The molecule has 0 heterocycles. The Morgan fingerprint density at radius 3 is 1.97 bits per heavy atom. The lowest BCUT2D eigenvalue weighted by Crippen LogP contribution is -2.19. The molecule has 38 heavy (non-hydrogen) atoms. The van der Waals surface area contributed by atoms with Gasteiger partial charge in [-0.15, -0.1) is 11.8 Å². The molecule has 0 aliphatic rings. The van der Waals surface area contributed by atoms with Crippen LogP contribution >= 0.6 is 11.8 Å². The average molecular weight is 564 g/mol. The first-order valence-corrected chi connectivity index (χ1v) is 13.3. The van der Waals surface area contributed by atoms with Gasteiger partial charge in [0.1, 0.15) is 5.75 Å². The van der Waals surface area contributed by atoms with Crippen molar-refractivity contribution in [3.05, 3.63) is 101 Å². The summed E-state index contributed by atoms with van der Waals surface area (Å²) in [4.78, 5) is 10.6. The highest BCUT2D eigenvalue weighted by molar-refractivity contribution is 7.98. The van der Waals surface area contributed by atoms with Crippen molar-refractivity contribution < 1.29 is 39.8 Å². The fourth-order valence-electron chi connectivity index (χ4n) is 3.71. The third-order valence-corrected chi connectivity index (χ3v) is 7.37. The van der Waals surface area contributed by atoms with Crippen LogP contribution < -0.4 is 4.74 Å². The Kier molecular flexibility index (Phi) is 7.74. The molecule has 0 aliphatic carbocycles. The van der Waals surface area contributed by atoms with E-state index in [-0.39, 0.29) is 11.1 Å². The van der Waals surface area contributed by atoms with Gasteiger partial charge in [0.05, 0.1) is 12.0 Å². The Morgan fingerprint density at radius 2 is 1.39 bits per heavy atom. The largest absolute Gasteiger partial charge is 0.496 e. The molecule has 0 spiro atoms. The monoisotopic (exact) mass is 563 g/mol. The first-order chi connectivity index (χ1) is 18.1. The summed E-state index contributed by atoms with van der Waals surface area (Å²) in [6, 6.07) is 17.2. The molecule has 4 rings (SSSR count). The number of oxime groups is 1. The van der Waals surface area contributed by atoms with Crippen molar-refractivity contribution in [1.29, 1.82) is 0 Å². The van der Waals surface area contributed by atoms with Crippen molar-refractivity contribution in [3.8, 4) is 5.75 Å². The number of methoxy groups -OCH3 is 1. The minimum atomic E-state index is -5.56. The quantitative estimate of drug-likeness (QED) is 0.0642. The number of ketones is 1. The number of halogens is 4. The molecule has 6 nitrogen and oxygen atoms in total. The SMILES string of the molecule is COc1ccc(C(=O)/C(=N/OS(=O)(=O)c2c(F)c(F)c(SC)c(F)c2F)c2ccccc2)c2ccccc12. The molecule has 0 fully saturated rings. The number of hydrogen-bond acceptors (Lipinski definition) is 7. The molecule has 0 amide bonds. The summed E-state index contributed by atoms with van der Waals surface area (Å²) in [5, 5.41) is 4.43. The minimum absolute atomic E-state index is 0.0868. The zero-order valence-electron chi connectivity index (χ0n) is 19.7. The van der Waals surface area contributed by atoms with Crippen LogP contribution in [0.1, 0.15) is 15.9 Å². The summed E-state index contributed by atoms with van der Waals surface area (Å²) in [6.07, 6.45) is 1.15. The maximum atomic E-state index is 14.5. The molecule has 4 aromatic rings. The van der Waals surface area contributed by atoms with E-state index in [1.54, 1.807) is 30.3 Å². The lowest BCUT2D eigenvalue weighted by atomic mass is 9.95. The van der Waals surface area contributed by atoms with Crippen molar-refractivity contribution >= 4 is 44.1 Å². The van der Waals surface area contributed by atoms with E-state index in [2.05, 4.69) is 9.44 Å². The van der Waals surface area contributed by atoms with E-state index < -0.39 is 54.7 Å². The van der Waals surface area contributed by atoms with Crippen LogP contribution in [0.4, 0.5) is 17.6 Å². The van der Waals surface area contributed by atoms with E-state index in [0.717, 1.165) is 6.26 Å². The lowest BCUT2D eigenvalue weighted by molar-refractivity contribution is 0.106. The summed E-state index contributed by atoms with van der Waals surface area (Å²) in [5.74, 6) is -8.52. The van der Waals surface area contributed by atoms with Crippen LogP contribution in [0.3, 0.4) is 0 Å². The van der Waals surface area contributed by atoms with Gasteiger partial charge in [0.2, 0.25) is 5.78 Å². The highest BCUT2D eigenvalue weighted by Gasteiger charge is 2.35. The van der Waals surface area contributed by atoms with Crippen LogP contribution in [-0.2, 0) is 14.4 Å². The topological polar surface area (TPSA) is 82.0 Å². The Bertz CT molecular complexity index is 1660. The number of benzene rings is 4. The number of carbonyl (C=O) groups excluding carboxylic acids is 1. The standard InChI is InChI=1S/C26H17F4NO5S2/c1-35-18-13-12-17(15-10-6-7-11-16(15)18)24(32)23(14-8-4-3-5-9-14)31-36-38(33,34)26-21(29)19(27)25(37-2)20(28)22(26)30/h3-13H,1-2H3/b31-23+. The first kappa shape index (κ1) is 27.1. The smallest absolute Gasteiger partial charge is 0.364 e. The lowest BCUT2D eigenvalue weighted by Gasteiger charge is -2.12. The number of nitrogens with zero attached hydrogens (tertiary/aromatic N) is 1. The fourth-order valence-corrected chi connectivity index (χ4v) is 5.11. The van der Waals surface area contributed by atoms with E-state index in [0.29, 0.717) is 28.3 Å². The molecular formula is C26H17F4NO5S2. The Balaban J connectivity index is 1.86. The summed E-state index contributed by atoms with van der Waals surface area (Å²) >= 11 is 0.343. The van der Waals surface area contributed by atoms with E-state index in [4.69, 9.17) is 4.74 Å². The molecule has 0 atom stereocenters. The minimum Gasteiger partial charge on any atom is -0.496 e. The van der Waals surface area contributed by atoms with Gasteiger partial charge < -0.3 is 4.74 Å². The number of ether oxygens (including phenoxy) is 1. The molecule has 0 bridgehead atoms. The van der Waals surface area contributed by atoms with Crippen molar-refractivity contribution in [2.45, 2.75) is 9.79 Å². The molecule has 0 N–H and O–H groups in total. The first-order valence-electron chi connectivity index (χ1n) is 10.7. The molecule has 0 saturated heterocycles. The highest BCUT2D eigenvalue weighted by Crippen LogP contribution is 2.34. The van der Waals surface area contributed by atoms with E-state index in [9.17, 15) is 30.8 Å². The molecule has 4 aromatic carbocycles. The summed E-state index contributed by atoms with van der Waals surface area (Å²) < 4.78 is 92.7. The fraction of sp³-hybridized carbons (Fsp3) is 0.0769. The zero-order valence-corrected chi connectivity index (χ0v) is 21.3. The van der Waals surface area contributed by atoms with Gasteiger partial charge in [-0.2, -0.15) is 8.42 Å². The molecule has 196 valence electrons. The van der Waals surface area contributed by atoms with Gasteiger partial charge in [-0.1, -0.05) is 59.8 Å². The predicted octanol–water partition coefficient (Wildman–Crippen LogP) is 6.12. The maximum Gasteiger partial charge on any atom is 0.364 e. The van der Waals surface area contributed by atoms with Gasteiger partial charge in [-0.3, -0.25) is 9.08 Å². The number of Topliss-reactive ketones (excluding diaryl/α,β-unsaturated/α-hetero) is 1. The zero-order chi connectivity index (χ0) is 27.6. The molecule has 0 radical (unpaired) electrons. The third-order valence-electron chi connectivity index (χ3n) is 5.47. The van der Waals surface area contributed by atoms with Gasteiger partial charge >= 0.3 is 10.1 Å². The molecule has 0 unspecified atom stereocenters. The Morgan fingerprint density at radius 1 is 0.816 bits per heavy atom. The van der Waals surface area contributed by atoms with Gasteiger partial charge in [-0.05, 0) is 23.8 Å². The normalized spacial score (nSPS) is 12.0. The molecule has 12 heteroatoms. The molecule has 0 aromatic heterocycles. The second kappa shape index (κ2) is 10.8. The van der Waals surface area contributed by atoms with Crippen LogP contribution in [0.25, 0.3) is 10.8 Å². The van der Waals surface area contributed by atoms with Crippen molar-refractivity contribution in [3.63, 3.8) is 0 Å². The second-order valence-electron chi connectivity index (χ2n) is 7.64. The second-order valence-corrected chi connectivity index (χ2v) is 9.93. The highest BCUT2D eigenvalue weighted by atomic mass is 32.2. The van der Waals surface area contributed by atoms with E-state index in [1.807, 2.05) is 0 Å². The maximum absolute atomic E-state index is 14.5. The van der Waals surface area contributed by atoms with Crippen LogP contribution in [0, 0.1) is 23.3 Å². The van der Waals surface area contributed by atoms with E-state index >= 15 is 0 Å². The van der Waals surface area contributed by atoms with Gasteiger partial charge in [0.15, 0.2) is 33.9 Å². The molecule has 0 saturated carbocycles. The van der Waals surface area contributed by atoms with Crippen LogP contribution in [0.5, 0.6) is 5.75 Å². The van der Waals surface area contributed by atoms with Gasteiger partial charge in [0.25, 0.3) is 0 Å². The number of hydrogen-bond donors (Lipinski definition) is 0. The summed E-state index contributed by atoms with van der Waals surface area (Å²) in [5.41, 5.74) is -0.362. The van der Waals surface area contributed by atoms with E-state index in [1.165, 1.54) is 43.5 Å². The summed E-state index contributed by atoms with van der Waals surface area (Å²) in [6.45, 7) is 0. The van der Waals surface area contributed by atoms with Gasteiger partial charge in [-0.25, -0.2) is 17.6 Å². The average Bonchev–Trinajstić information content (AvgIpc) is 2.92. The van der Waals surface area contributed by atoms with Crippen molar-refractivity contribution in [2.24, 2.45) is 5.16 Å².